The maximum atomic E-state index is 11.8. The first-order valence-electron chi connectivity index (χ1n) is 5.92. The van der Waals surface area contributed by atoms with Gasteiger partial charge < -0.3 is 4.74 Å². The minimum Gasteiger partial charge on any atom is -0.462 e. The summed E-state index contributed by atoms with van der Waals surface area (Å²) in [5, 5.41) is 10.5. The molecule has 0 fully saturated rings. The molecule has 0 aromatic carbocycles. The van der Waals surface area contributed by atoms with Crippen LogP contribution in [0, 0.1) is 16.0 Å². The fourth-order valence-corrected chi connectivity index (χ4v) is 1.73. The number of hydrogen-bond acceptors (Lipinski definition) is 5. The van der Waals surface area contributed by atoms with E-state index in [0.29, 0.717) is 0 Å². The number of carbonyl (C=O) groups is 1. The van der Waals surface area contributed by atoms with Crippen LogP contribution in [0.15, 0.2) is 12.3 Å². The summed E-state index contributed by atoms with van der Waals surface area (Å²) in [5.41, 5.74) is -0.377. The lowest BCUT2D eigenvalue weighted by Gasteiger charge is -2.11. The van der Waals surface area contributed by atoms with Crippen molar-refractivity contribution in [2.24, 2.45) is 5.92 Å². The molecule has 0 aliphatic carbocycles. The Morgan fingerprint density at radius 1 is 1.63 bits per heavy atom. The Morgan fingerprint density at radius 2 is 2.32 bits per heavy atom. The highest BCUT2D eigenvalue weighted by Gasteiger charge is 2.18. The fraction of sp³-hybridized carbons (Fsp3) is 0.500. The average molecular weight is 287 g/mol. The monoisotopic (exact) mass is 286 g/mol. The van der Waals surface area contributed by atoms with Gasteiger partial charge in [0.05, 0.1) is 11.5 Å². The molecule has 1 heterocycles. The van der Waals surface area contributed by atoms with Crippen molar-refractivity contribution < 1.29 is 14.5 Å². The molecule has 0 radical (unpaired) electrons. The lowest BCUT2D eigenvalue weighted by atomic mass is 10.1. The Balaban J connectivity index is 2.76. The summed E-state index contributed by atoms with van der Waals surface area (Å²) in [6, 6.07) is 1.07. The van der Waals surface area contributed by atoms with Crippen molar-refractivity contribution in [2.75, 3.05) is 6.61 Å². The molecule has 104 valence electrons. The average Bonchev–Trinajstić information content (AvgIpc) is 2.36. The van der Waals surface area contributed by atoms with Crippen molar-refractivity contribution in [3.63, 3.8) is 0 Å². The van der Waals surface area contributed by atoms with E-state index in [-0.39, 0.29) is 28.9 Å². The summed E-state index contributed by atoms with van der Waals surface area (Å²) in [4.78, 5) is 25.4. The van der Waals surface area contributed by atoms with Crippen LogP contribution in [0.5, 0.6) is 0 Å². The minimum absolute atomic E-state index is 0.0837. The molecule has 1 unspecified atom stereocenters. The number of pyridine rings is 1. The highest BCUT2D eigenvalue weighted by Crippen LogP contribution is 2.20. The van der Waals surface area contributed by atoms with Gasteiger partial charge in [0.2, 0.25) is 0 Å². The van der Waals surface area contributed by atoms with Gasteiger partial charge in [-0.25, -0.2) is 9.78 Å². The van der Waals surface area contributed by atoms with E-state index < -0.39 is 10.9 Å². The summed E-state index contributed by atoms with van der Waals surface area (Å²) in [6.07, 6.45) is 2.94. The van der Waals surface area contributed by atoms with E-state index in [2.05, 4.69) is 4.98 Å². The maximum Gasteiger partial charge on any atom is 0.341 e. The van der Waals surface area contributed by atoms with E-state index in [9.17, 15) is 14.9 Å². The van der Waals surface area contributed by atoms with E-state index in [4.69, 9.17) is 16.3 Å². The van der Waals surface area contributed by atoms with E-state index in [1.165, 1.54) is 0 Å². The maximum absolute atomic E-state index is 11.8. The molecule has 0 aliphatic rings. The van der Waals surface area contributed by atoms with Crippen molar-refractivity contribution in [1.82, 2.24) is 4.98 Å². The molecule has 19 heavy (non-hydrogen) atoms. The highest BCUT2D eigenvalue weighted by atomic mass is 35.5. The second-order valence-corrected chi connectivity index (χ2v) is 4.64. The fourth-order valence-electron chi connectivity index (χ4n) is 1.55. The van der Waals surface area contributed by atoms with Crippen molar-refractivity contribution >= 4 is 23.3 Å². The van der Waals surface area contributed by atoms with Gasteiger partial charge in [-0.15, -0.1) is 0 Å². The van der Waals surface area contributed by atoms with Crippen LogP contribution < -0.4 is 0 Å². The van der Waals surface area contributed by atoms with Crippen molar-refractivity contribution in [1.29, 1.82) is 0 Å². The highest BCUT2D eigenvalue weighted by molar-refractivity contribution is 6.32. The predicted molar refractivity (Wildman–Crippen MR) is 70.3 cm³/mol. The van der Waals surface area contributed by atoms with E-state index in [1.807, 2.05) is 13.8 Å². The second-order valence-electron chi connectivity index (χ2n) is 4.28. The number of aromatic nitrogens is 1. The zero-order chi connectivity index (χ0) is 14.4. The Kier molecular flexibility index (Phi) is 5.69. The molecular weight excluding hydrogens is 272 g/mol. The molecule has 0 spiro atoms. The van der Waals surface area contributed by atoms with Crippen LogP contribution >= 0.6 is 11.6 Å². The van der Waals surface area contributed by atoms with Gasteiger partial charge in [-0.05, 0) is 12.3 Å². The van der Waals surface area contributed by atoms with Crippen LogP contribution in [0.4, 0.5) is 5.69 Å². The summed E-state index contributed by atoms with van der Waals surface area (Å²) in [7, 11) is 0. The number of nitro groups is 1. The first kappa shape index (κ1) is 15.4. The van der Waals surface area contributed by atoms with Gasteiger partial charge in [0.25, 0.3) is 5.69 Å². The van der Waals surface area contributed by atoms with Crippen LogP contribution in [-0.2, 0) is 4.74 Å². The summed E-state index contributed by atoms with van der Waals surface area (Å²) < 4.78 is 5.07. The molecule has 1 rings (SSSR count). The third kappa shape index (κ3) is 4.48. The quantitative estimate of drug-likeness (QED) is 0.347. The van der Waals surface area contributed by atoms with Crippen LogP contribution in [0.2, 0.25) is 5.15 Å². The molecule has 1 aromatic rings. The van der Waals surface area contributed by atoms with Gasteiger partial charge in [-0.3, -0.25) is 10.1 Å². The van der Waals surface area contributed by atoms with E-state index in [0.717, 1.165) is 25.1 Å². The summed E-state index contributed by atoms with van der Waals surface area (Å²) >= 11 is 5.74. The third-order valence-electron chi connectivity index (χ3n) is 2.54. The van der Waals surface area contributed by atoms with Crippen LogP contribution in [0.25, 0.3) is 0 Å². The zero-order valence-corrected chi connectivity index (χ0v) is 11.5. The molecular formula is C12H15ClN2O4. The largest absolute Gasteiger partial charge is 0.462 e. The van der Waals surface area contributed by atoms with Crippen LogP contribution in [0.1, 0.15) is 37.0 Å². The van der Waals surface area contributed by atoms with Crippen molar-refractivity contribution in [3.05, 3.63) is 33.1 Å². The second kappa shape index (κ2) is 7.04. The normalized spacial score (nSPS) is 11.9. The first-order valence-corrected chi connectivity index (χ1v) is 6.30. The number of hydrogen-bond donors (Lipinski definition) is 0. The number of esters is 1. The standard InChI is InChI=1S/C12H15ClN2O4/c1-3-4-8(2)7-19-12(16)10-5-9(15(17)18)6-14-11(10)13/h5-6,8H,3-4,7H2,1-2H3. The third-order valence-corrected chi connectivity index (χ3v) is 2.84. The van der Waals surface area contributed by atoms with Crippen molar-refractivity contribution in [3.8, 4) is 0 Å². The lowest BCUT2D eigenvalue weighted by molar-refractivity contribution is -0.385. The molecule has 0 aliphatic heterocycles. The molecule has 1 atom stereocenters. The molecule has 6 nitrogen and oxygen atoms in total. The number of halogens is 1. The Bertz CT molecular complexity index is 479. The van der Waals surface area contributed by atoms with Gasteiger partial charge in [-0.1, -0.05) is 31.9 Å². The molecule has 0 saturated carbocycles. The van der Waals surface area contributed by atoms with Crippen LogP contribution in [-0.4, -0.2) is 22.5 Å². The SMILES string of the molecule is CCCC(C)COC(=O)c1cc([N+](=O)[O-])cnc1Cl. The molecule has 0 N–H and O–H groups in total. The van der Waals surface area contributed by atoms with Crippen LogP contribution in [0.3, 0.4) is 0 Å². The number of rotatable bonds is 6. The zero-order valence-electron chi connectivity index (χ0n) is 10.8. The topological polar surface area (TPSA) is 82.3 Å². The van der Waals surface area contributed by atoms with E-state index in [1.54, 1.807) is 0 Å². The molecule has 0 amide bonds. The predicted octanol–water partition coefficient (Wildman–Crippen LogP) is 3.24. The summed E-state index contributed by atoms with van der Waals surface area (Å²) in [5.74, 6) is -0.455. The van der Waals surface area contributed by atoms with Crippen molar-refractivity contribution in [2.45, 2.75) is 26.7 Å². The molecule has 7 heteroatoms. The van der Waals surface area contributed by atoms with Gasteiger partial charge in [-0.2, -0.15) is 0 Å². The smallest absolute Gasteiger partial charge is 0.341 e. The number of carbonyl (C=O) groups excluding carboxylic acids is 1. The Hall–Kier alpha value is -1.69. The van der Waals surface area contributed by atoms with Gasteiger partial charge in [0, 0.05) is 6.07 Å². The molecule has 1 aromatic heterocycles. The number of nitrogens with zero attached hydrogens (tertiary/aromatic N) is 2. The molecule has 0 bridgehead atoms. The van der Waals surface area contributed by atoms with E-state index >= 15 is 0 Å². The lowest BCUT2D eigenvalue weighted by Crippen LogP contribution is -2.13. The Morgan fingerprint density at radius 3 is 2.89 bits per heavy atom. The van der Waals surface area contributed by atoms with Gasteiger partial charge in [0.15, 0.2) is 0 Å². The van der Waals surface area contributed by atoms with Gasteiger partial charge >= 0.3 is 5.97 Å². The van der Waals surface area contributed by atoms with Gasteiger partial charge in [0.1, 0.15) is 16.9 Å². The first-order chi connectivity index (χ1) is 8.95. The molecule has 0 saturated heterocycles. The Labute approximate surface area is 115 Å². The number of ether oxygens (including phenoxy) is 1. The minimum atomic E-state index is -0.691. The summed E-state index contributed by atoms with van der Waals surface area (Å²) in [6.45, 7) is 4.26.